The first-order valence-electron chi connectivity index (χ1n) is 9.24. The molecule has 5 heteroatoms. The lowest BCUT2D eigenvalue weighted by Crippen LogP contribution is -2.48. The third-order valence-electron chi connectivity index (χ3n) is 6.10. The van der Waals surface area contributed by atoms with Crippen LogP contribution in [0.4, 0.5) is 0 Å². The lowest BCUT2D eigenvalue weighted by atomic mass is 9.86. The standard InChI is InChI=1S/C18H33N3O.ClH/c1-14-3-5-15(6-4-14)21(16-7-8-16)17(22)11-20-10-9-18(2,12-19)13-20;/h14-16H,3-13,19H2,1-2H3;1H. The fraction of sp³-hybridized carbons (Fsp3) is 0.944. The van der Waals surface area contributed by atoms with Crippen LogP contribution < -0.4 is 5.73 Å². The zero-order valence-electron chi connectivity index (χ0n) is 14.8. The quantitative estimate of drug-likeness (QED) is 0.834. The van der Waals surface area contributed by atoms with Gasteiger partial charge in [0.15, 0.2) is 0 Å². The molecule has 2 aliphatic carbocycles. The van der Waals surface area contributed by atoms with Gasteiger partial charge in [-0.25, -0.2) is 0 Å². The van der Waals surface area contributed by atoms with Crippen LogP contribution in [-0.4, -0.2) is 54.0 Å². The van der Waals surface area contributed by atoms with Crippen molar-refractivity contribution in [1.29, 1.82) is 0 Å². The Morgan fingerprint density at radius 1 is 1.17 bits per heavy atom. The summed E-state index contributed by atoms with van der Waals surface area (Å²) in [5.41, 5.74) is 6.10. The molecular weight excluding hydrogens is 310 g/mol. The Balaban J connectivity index is 0.00000192. The highest BCUT2D eigenvalue weighted by molar-refractivity contribution is 5.85. The van der Waals surface area contributed by atoms with Gasteiger partial charge in [0.25, 0.3) is 0 Å². The van der Waals surface area contributed by atoms with Gasteiger partial charge >= 0.3 is 0 Å². The van der Waals surface area contributed by atoms with Gasteiger partial charge in [-0.2, -0.15) is 0 Å². The number of carbonyl (C=O) groups excluding carboxylic acids is 1. The highest BCUT2D eigenvalue weighted by Crippen LogP contribution is 2.36. The number of carbonyl (C=O) groups is 1. The molecule has 23 heavy (non-hydrogen) atoms. The van der Waals surface area contributed by atoms with E-state index in [-0.39, 0.29) is 17.8 Å². The Morgan fingerprint density at radius 3 is 2.22 bits per heavy atom. The average Bonchev–Trinajstić information content (AvgIpc) is 3.25. The normalized spacial score (nSPS) is 34.9. The predicted molar refractivity (Wildman–Crippen MR) is 96.8 cm³/mol. The van der Waals surface area contributed by atoms with Crippen molar-refractivity contribution in [2.24, 2.45) is 17.1 Å². The molecule has 0 aromatic heterocycles. The monoisotopic (exact) mass is 343 g/mol. The number of nitrogens with zero attached hydrogens (tertiary/aromatic N) is 2. The summed E-state index contributed by atoms with van der Waals surface area (Å²) in [6.45, 7) is 7.94. The van der Waals surface area contributed by atoms with Gasteiger partial charge < -0.3 is 10.6 Å². The van der Waals surface area contributed by atoms with Gasteiger partial charge in [0, 0.05) is 18.6 Å². The zero-order chi connectivity index (χ0) is 15.7. The molecule has 0 bridgehead atoms. The van der Waals surface area contributed by atoms with Crippen molar-refractivity contribution < 1.29 is 4.79 Å². The summed E-state index contributed by atoms with van der Waals surface area (Å²) in [7, 11) is 0. The van der Waals surface area contributed by atoms with E-state index in [1.54, 1.807) is 0 Å². The van der Waals surface area contributed by atoms with E-state index in [9.17, 15) is 4.79 Å². The maximum atomic E-state index is 12.9. The minimum Gasteiger partial charge on any atom is -0.336 e. The van der Waals surface area contributed by atoms with Crippen molar-refractivity contribution in [3.63, 3.8) is 0 Å². The molecule has 0 aromatic carbocycles. The van der Waals surface area contributed by atoms with Crippen molar-refractivity contribution in [1.82, 2.24) is 9.80 Å². The molecule has 2 saturated carbocycles. The van der Waals surface area contributed by atoms with E-state index >= 15 is 0 Å². The molecular formula is C18H34ClN3O. The number of amides is 1. The second kappa shape index (κ2) is 7.71. The minimum absolute atomic E-state index is 0. The Kier molecular flexibility index (Phi) is 6.37. The Hall–Kier alpha value is -0.320. The van der Waals surface area contributed by atoms with Gasteiger partial charge in [0.1, 0.15) is 0 Å². The summed E-state index contributed by atoms with van der Waals surface area (Å²) in [6.07, 6.45) is 8.57. The van der Waals surface area contributed by atoms with E-state index in [0.29, 0.717) is 24.5 Å². The number of hydrogen-bond donors (Lipinski definition) is 1. The molecule has 0 aromatic rings. The minimum atomic E-state index is 0. The van der Waals surface area contributed by atoms with Gasteiger partial charge in [0.2, 0.25) is 5.91 Å². The van der Waals surface area contributed by atoms with Gasteiger partial charge in [-0.15, -0.1) is 12.4 Å². The second-order valence-corrected chi connectivity index (χ2v) is 8.42. The first-order chi connectivity index (χ1) is 10.5. The van der Waals surface area contributed by atoms with E-state index in [1.165, 1.54) is 38.5 Å². The summed E-state index contributed by atoms with van der Waals surface area (Å²) in [4.78, 5) is 17.5. The van der Waals surface area contributed by atoms with Crippen molar-refractivity contribution in [3.05, 3.63) is 0 Å². The molecule has 134 valence electrons. The van der Waals surface area contributed by atoms with Gasteiger partial charge in [-0.3, -0.25) is 9.69 Å². The largest absolute Gasteiger partial charge is 0.336 e. The van der Waals surface area contributed by atoms with Crippen LogP contribution in [0.15, 0.2) is 0 Å². The van der Waals surface area contributed by atoms with Crippen LogP contribution >= 0.6 is 12.4 Å². The lowest BCUT2D eigenvalue weighted by molar-refractivity contribution is -0.136. The van der Waals surface area contributed by atoms with Crippen LogP contribution in [0, 0.1) is 11.3 Å². The predicted octanol–water partition coefficient (Wildman–Crippen LogP) is 2.65. The lowest BCUT2D eigenvalue weighted by Gasteiger charge is -2.37. The van der Waals surface area contributed by atoms with E-state index in [1.807, 2.05) is 0 Å². The molecule has 0 spiro atoms. The van der Waals surface area contributed by atoms with E-state index < -0.39 is 0 Å². The zero-order valence-corrected chi connectivity index (χ0v) is 15.6. The summed E-state index contributed by atoms with van der Waals surface area (Å²) in [5.74, 6) is 1.22. The number of hydrogen-bond acceptors (Lipinski definition) is 3. The van der Waals surface area contributed by atoms with Crippen LogP contribution in [0.2, 0.25) is 0 Å². The van der Waals surface area contributed by atoms with Gasteiger partial charge in [-0.05, 0) is 69.4 Å². The molecule has 1 saturated heterocycles. The summed E-state index contributed by atoms with van der Waals surface area (Å²) in [5, 5.41) is 0. The molecule has 1 heterocycles. The first-order valence-corrected chi connectivity index (χ1v) is 9.24. The van der Waals surface area contributed by atoms with Crippen molar-refractivity contribution in [2.75, 3.05) is 26.2 Å². The molecule has 3 rings (SSSR count). The summed E-state index contributed by atoms with van der Waals surface area (Å²) < 4.78 is 0. The fourth-order valence-electron chi connectivity index (χ4n) is 4.28. The molecule has 3 fully saturated rings. The number of rotatable bonds is 5. The molecule has 1 unspecified atom stereocenters. The van der Waals surface area contributed by atoms with E-state index in [2.05, 4.69) is 23.6 Å². The Bertz CT molecular complexity index is 407. The number of halogens is 1. The van der Waals surface area contributed by atoms with Gasteiger partial charge in [-0.1, -0.05) is 13.8 Å². The maximum absolute atomic E-state index is 12.9. The smallest absolute Gasteiger partial charge is 0.237 e. The maximum Gasteiger partial charge on any atom is 0.237 e. The van der Waals surface area contributed by atoms with Crippen LogP contribution in [0.25, 0.3) is 0 Å². The van der Waals surface area contributed by atoms with Gasteiger partial charge in [0.05, 0.1) is 6.54 Å². The highest BCUT2D eigenvalue weighted by atomic mass is 35.5. The first kappa shape index (κ1) is 19.0. The SMILES string of the molecule is CC1CCC(N(C(=O)CN2CCC(C)(CN)C2)C2CC2)CC1.Cl. The van der Waals surface area contributed by atoms with Crippen molar-refractivity contribution in [3.8, 4) is 0 Å². The van der Waals surface area contributed by atoms with Crippen molar-refractivity contribution >= 4 is 18.3 Å². The molecule has 4 nitrogen and oxygen atoms in total. The molecule has 1 atom stereocenters. The fourth-order valence-corrected chi connectivity index (χ4v) is 4.28. The summed E-state index contributed by atoms with van der Waals surface area (Å²) >= 11 is 0. The average molecular weight is 344 g/mol. The molecule has 3 aliphatic rings. The highest BCUT2D eigenvalue weighted by Gasteiger charge is 2.40. The third-order valence-corrected chi connectivity index (χ3v) is 6.10. The summed E-state index contributed by atoms with van der Waals surface area (Å²) in [6, 6.07) is 1.06. The topological polar surface area (TPSA) is 49.6 Å². The van der Waals surface area contributed by atoms with E-state index in [0.717, 1.165) is 32.0 Å². The molecule has 1 aliphatic heterocycles. The number of nitrogens with two attached hydrogens (primary N) is 1. The van der Waals surface area contributed by atoms with Crippen LogP contribution in [0.3, 0.4) is 0 Å². The Labute approximate surface area is 147 Å². The Morgan fingerprint density at radius 2 is 1.74 bits per heavy atom. The van der Waals surface area contributed by atoms with Crippen molar-refractivity contribution in [2.45, 2.75) is 70.9 Å². The van der Waals surface area contributed by atoms with E-state index in [4.69, 9.17) is 5.73 Å². The number of likely N-dealkylation sites (tertiary alicyclic amines) is 1. The second-order valence-electron chi connectivity index (χ2n) is 8.42. The van der Waals surface area contributed by atoms with Crippen LogP contribution in [-0.2, 0) is 4.79 Å². The molecule has 1 amide bonds. The molecule has 0 radical (unpaired) electrons. The third kappa shape index (κ3) is 4.61. The molecule has 2 N–H and O–H groups in total. The van der Waals surface area contributed by atoms with Crippen LogP contribution in [0.1, 0.15) is 58.8 Å². The van der Waals surface area contributed by atoms with Crippen LogP contribution in [0.5, 0.6) is 0 Å².